The van der Waals surface area contributed by atoms with Crippen LogP contribution in [0.5, 0.6) is 0 Å². The molecule has 4 aliphatic rings. The van der Waals surface area contributed by atoms with E-state index >= 15 is 0 Å². The molecule has 4 unspecified atom stereocenters. The highest BCUT2D eigenvalue weighted by Crippen LogP contribution is 2.64. The summed E-state index contributed by atoms with van der Waals surface area (Å²) in [6.45, 7) is 4.90. The van der Waals surface area contributed by atoms with Crippen LogP contribution in [0.3, 0.4) is 0 Å². The largest absolute Gasteiger partial charge is 0.393 e. The van der Waals surface area contributed by atoms with E-state index in [1.54, 1.807) is 5.57 Å². The van der Waals surface area contributed by atoms with E-state index in [0.29, 0.717) is 5.41 Å². The van der Waals surface area contributed by atoms with Crippen molar-refractivity contribution >= 4 is 5.71 Å². The summed E-state index contributed by atoms with van der Waals surface area (Å²) in [6.07, 6.45) is 11.6. The molecule has 0 aromatic heterocycles. The summed E-state index contributed by atoms with van der Waals surface area (Å²) in [5, 5.41) is 14.2. The molecule has 3 N–H and O–H groups in total. The number of nitrogens with two attached hydrogens (primary N) is 1. The second-order valence-electron chi connectivity index (χ2n) is 8.73. The SMILES string of the molecule is C[C@@]12CCC3C(CC=C4CC(O)CC[C@]43C)C1CC/C2=N\N. The molecule has 3 nitrogen and oxygen atoms in total. The topological polar surface area (TPSA) is 58.6 Å². The standard InChI is InChI=1S/C19H30N2O/c1-18-9-7-13(22)11-12(18)3-4-14-15-5-6-17(21-20)19(15,2)10-8-16(14)18/h3,13-16,22H,4-11,20H2,1-2H3/b21-17+/t13?,14?,15?,16?,18-,19-/m1/s1. The van der Waals surface area contributed by atoms with Crippen LogP contribution in [0.25, 0.3) is 0 Å². The van der Waals surface area contributed by atoms with Crippen molar-refractivity contribution in [2.45, 2.75) is 71.3 Å². The first-order chi connectivity index (χ1) is 10.5. The first kappa shape index (κ1) is 14.7. The van der Waals surface area contributed by atoms with Gasteiger partial charge in [-0.3, -0.25) is 0 Å². The summed E-state index contributed by atoms with van der Waals surface area (Å²) < 4.78 is 0. The van der Waals surface area contributed by atoms with Crippen molar-refractivity contribution < 1.29 is 5.11 Å². The van der Waals surface area contributed by atoms with E-state index < -0.39 is 0 Å². The van der Waals surface area contributed by atoms with Gasteiger partial charge in [0.25, 0.3) is 0 Å². The smallest absolute Gasteiger partial charge is 0.0577 e. The van der Waals surface area contributed by atoms with Crippen LogP contribution >= 0.6 is 0 Å². The lowest BCUT2D eigenvalue weighted by molar-refractivity contribution is -0.0209. The van der Waals surface area contributed by atoms with E-state index in [0.717, 1.165) is 37.0 Å². The second-order valence-corrected chi connectivity index (χ2v) is 8.73. The van der Waals surface area contributed by atoms with E-state index in [1.165, 1.54) is 37.8 Å². The molecule has 3 fully saturated rings. The van der Waals surface area contributed by atoms with Crippen molar-refractivity contribution in [2.24, 2.45) is 39.5 Å². The maximum absolute atomic E-state index is 10.0. The Labute approximate surface area is 134 Å². The van der Waals surface area contributed by atoms with Crippen LogP contribution in [0.1, 0.15) is 65.2 Å². The molecule has 0 amide bonds. The van der Waals surface area contributed by atoms with Gasteiger partial charge in [-0.1, -0.05) is 25.5 Å². The summed E-state index contributed by atoms with van der Waals surface area (Å²) >= 11 is 0. The fourth-order valence-electron chi connectivity index (χ4n) is 6.64. The van der Waals surface area contributed by atoms with Crippen LogP contribution in [0, 0.1) is 28.6 Å². The third kappa shape index (κ3) is 1.81. The Morgan fingerprint density at radius 3 is 2.64 bits per heavy atom. The molecule has 4 aliphatic carbocycles. The molecule has 0 radical (unpaired) electrons. The lowest BCUT2D eigenvalue weighted by Gasteiger charge is -2.57. The number of fused-ring (bicyclic) bond motifs is 5. The zero-order chi connectivity index (χ0) is 15.5. The fourth-order valence-corrected chi connectivity index (χ4v) is 6.64. The van der Waals surface area contributed by atoms with E-state index in [4.69, 9.17) is 5.84 Å². The monoisotopic (exact) mass is 302 g/mol. The van der Waals surface area contributed by atoms with Gasteiger partial charge in [-0.15, -0.1) is 0 Å². The average molecular weight is 302 g/mol. The first-order valence-corrected chi connectivity index (χ1v) is 9.14. The summed E-state index contributed by atoms with van der Waals surface area (Å²) in [5.74, 6) is 8.04. The summed E-state index contributed by atoms with van der Waals surface area (Å²) in [6, 6.07) is 0. The van der Waals surface area contributed by atoms with Crippen LogP contribution in [0.15, 0.2) is 16.8 Å². The van der Waals surface area contributed by atoms with Crippen LogP contribution in [0.4, 0.5) is 0 Å². The minimum Gasteiger partial charge on any atom is -0.393 e. The second kappa shape index (κ2) is 4.83. The molecule has 3 saturated carbocycles. The minimum atomic E-state index is -0.104. The van der Waals surface area contributed by atoms with Crippen LogP contribution < -0.4 is 5.84 Å². The Morgan fingerprint density at radius 1 is 1.14 bits per heavy atom. The summed E-state index contributed by atoms with van der Waals surface area (Å²) in [5.41, 5.74) is 3.43. The number of nitrogens with zero attached hydrogens (tertiary/aromatic N) is 1. The third-order valence-corrected chi connectivity index (χ3v) is 7.97. The summed E-state index contributed by atoms with van der Waals surface area (Å²) in [7, 11) is 0. The molecular formula is C19H30N2O. The molecule has 0 saturated heterocycles. The van der Waals surface area contributed by atoms with Crippen molar-refractivity contribution in [3.63, 3.8) is 0 Å². The number of hydrazone groups is 1. The van der Waals surface area contributed by atoms with Crippen LogP contribution in [-0.2, 0) is 0 Å². The van der Waals surface area contributed by atoms with Gasteiger partial charge in [0.15, 0.2) is 0 Å². The Morgan fingerprint density at radius 2 is 1.86 bits per heavy atom. The number of hydrogen-bond acceptors (Lipinski definition) is 3. The molecule has 0 spiro atoms. The highest BCUT2D eigenvalue weighted by atomic mass is 16.3. The number of rotatable bonds is 0. The molecule has 6 atom stereocenters. The van der Waals surface area contributed by atoms with Crippen molar-refractivity contribution in [2.75, 3.05) is 0 Å². The van der Waals surface area contributed by atoms with Crippen molar-refractivity contribution in [3.8, 4) is 0 Å². The van der Waals surface area contributed by atoms with Crippen molar-refractivity contribution in [1.82, 2.24) is 0 Å². The molecular weight excluding hydrogens is 272 g/mol. The minimum absolute atomic E-state index is 0.104. The highest BCUT2D eigenvalue weighted by Gasteiger charge is 2.57. The molecule has 0 bridgehead atoms. The molecule has 0 aromatic carbocycles. The molecule has 4 rings (SSSR count). The van der Waals surface area contributed by atoms with Gasteiger partial charge in [-0.25, -0.2) is 0 Å². The molecule has 0 aromatic rings. The van der Waals surface area contributed by atoms with Crippen LogP contribution in [0.2, 0.25) is 0 Å². The number of hydrogen-bond donors (Lipinski definition) is 2. The highest BCUT2D eigenvalue weighted by molar-refractivity contribution is 5.92. The van der Waals surface area contributed by atoms with Gasteiger partial charge < -0.3 is 10.9 Å². The maximum atomic E-state index is 10.0. The van der Waals surface area contributed by atoms with Gasteiger partial charge in [0, 0.05) is 11.1 Å². The molecule has 3 heteroatoms. The van der Waals surface area contributed by atoms with E-state index in [2.05, 4.69) is 25.0 Å². The quantitative estimate of drug-likeness (QED) is 0.408. The number of aliphatic hydroxyl groups excluding tert-OH is 1. The first-order valence-electron chi connectivity index (χ1n) is 9.14. The third-order valence-electron chi connectivity index (χ3n) is 7.97. The summed E-state index contributed by atoms with van der Waals surface area (Å²) in [4.78, 5) is 0. The number of aliphatic hydroxyl groups is 1. The van der Waals surface area contributed by atoms with Gasteiger partial charge in [0.1, 0.15) is 0 Å². The Balaban J connectivity index is 1.69. The fraction of sp³-hybridized carbons (Fsp3) is 0.842. The van der Waals surface area contributed by atoms with Gasteiger partial charge >= 0.3 is 0 Å². The Hall–Kier alpha value is -0.830. The predicted octanol–water partition coefficient (Wildman–Crippen LogP) is 3.62. The Kier molecular flexibility index (Phi) is 3.24. The van der Waals surface area contributed by atoms with E-state index in [9.17, 15) is 5.11 Å². The van der Waals surface area contributed by atoms with Crippen molar-refractivity contribution in [1.29, 1.82) is 0 Å². The molecule has 122 valence electrons. The lowest BCUT2D eigenvalue weighted by atomic mass is 9.48. The molecule has 22 heavy (non-hydrogen) atoms. The molecule has 0 heterocycles. The van der Waals surface area contributed by atoms with E-state index in [1.807, 2.05) is 0 Å². The average Bonchev–Trinajstić information content (AvgIpc) is 2.84. The molecule has 0 aliphatic heterocycles. The normalized spacial score (nSPS) is 52.7. The van der Waals surface area contributed by atoms with Crippen LogP contribution in [-0.4, -0.2) is 16.9 Å². The van der Waals surface area contributed by atoms with Gasteiger partial charge in [0.05, 0.1) is 6.10 Å². The maximum Gasteiger partial charge on any atom is 0.0577 e. The van der Waals surface area contributed by atoms with Gasteiger partial charge in [0.2, 0.25) is 0 Å². The van der Waals surface area contributed by atoms with Crippen molar-refractivity contribution in [3.05, 3.63) is 11.6 Å². The zero-order valence-electron chi connectivity index (χ0n) is 14.0. The van der Waals surface area contributed by atoms with E-state index in [-0.39, 0.29) is 11.5 Å². The predicted molar refractivity (Wildman–Crippen MR) is 89.3 cm³/mol. The van der Waals surface area contributed by atoms with Gasteiger partial charge in [-0.2, -0.15) is 5.10 Å². The zero-order valence-corrected chi connectivity index (χ0v) is 14.0. The number of allylic oxidation sites excluding steroid dienone is 1. The van der Waals surface area contributed by atoms with Gasteiger partial charge in [-0.05, 0) is 74.5 Å². The Bertz CT molecular complexity index is 540. The lowest BCUT2D eigenvalue weighted by Crippen LogP contribution is -2.50.